The van der Waals surface area contributed by atoms with Crippen molar-refractivity contribution in [3.8, 4) is 0 Å². The lowest BCUT2D eigenvalue weighted by molar-refractivity contribution is -0.0112. The summed E-state index contributed by atoms with van der Waals surface area (Å²) < 4.78 is 45.6. The van der Waals surface area contributed by atoms with Gasteiger partial charge in [-0.1, -0.05) is 12.1 Å². The lowest BCUT2D eigenvalue weighted by Gasteiger charge is -2.25. The van der Waals surface area contributed by atoms with Gasteiger partial charge in [0, 0.05) is 18.2 Å². The van der Waals surface area contributed by atoms with E-state index in [9.17, 15) is 23.0 Å². The number of nitrogen functional groups attached to an aromatic ring is 1. The Morgan fingerprint density at radius 3 is 2.53 bits per heavy atom. The highest BCUT2D eigenvalue weighted by Crippen LogP contribution is 2.33. The van der Waals surface area contributed by atoms with E-state index in [0.29, 0.717) is 5.69 Å². The average Bonchev–Trinajstić information content (AvgIpc) is 2.97. The van der Waals surface area contributed by atoms with Crippen molar-refractivity contribution in [2.75, 3.05) is 16.8 Å². The second kappa shape index (κ2) is 8.93. The standard InChI is InChI=1S/C16H19ClFN5O6S/c17-23(16-14(25)13(24)11(29-16)6-28-30(20,26)27)15-12(19)10(21-7-22-15)5-8-1-3-9(18)4-2-8/h1-4,7,11,13-14,16,24-25H,5-6,19H2,(H2,20,26,27)/t11-,13-,14-,16-/m1/s1. The summed E-state index contributed by atoms with van der Waals surface area (Å²) >= 11 is 6.26. The van der Waals surface area contributed by atoms with Crippen LogP contribution in [-0.4, -0.2) is 59.7 Å². The number of aromatic nitrogens is 2. The van der Waals surface area contributed by atoms with Gasteiger partial charge in [0.25, 0.3) is 0 Å². The highest BCUT2D eigenvalue weighted by atomic mass is 35.5. The minimum Gasteiger partial charge on any atom is -0.394 e. The van der Waals surface area contributed by atoms with E-state index >= 15 is 0 Å². The van der Waals surface area contributed by atoms with Crippen molar-refractivity contribution in [1.82, 2.24) is 9.97 Å². The lowest BCUT2D eigenvalue weighted by Crippen LogP contribution is -2.40. The molecular formula is C16H19ClFN5O6S. The quantitative estimate of drug-likeness (QED) is 0.388. The molecule has 1 fully saturated rings. The Balaban J connectivity index is 1.77. The van der Waals surface area contributed by atoms with E-state index in [4.69, 9.17) is 27.4 Å². The number of hydrogen-bond donors (Lipinski definition) is 4. The van der Waals surface area contributed by atoms with Crippen LogP contribution in [0.3, 0.4) is 0 Å². The Labute approximate surface area is 176 Å². The molecule has 0 unspecified atom stereocenters. The van der Waals surface area contributed by atoms with E-state index < -0.39 is 41.5 Å². The van der Waals surface area contributed by atoms with Gasteiger partial charge in [-0.15, -0.1) is 0 Å². The predicted molar refractivity (Wildman–Crippen MR) is 104 cm³/mol. The zero-order chi connectivity index (χ0) is 22.1. The van der Waals surface area contributed by atoms with E-state index in [1.807, 2.05) is 0 Å². The van der Waals surface area contributed by atoms with Crippen LogP contribution >= 0.6 is 11.8 Å². The smallest absolute Gasteiger partial charge is 0.333 e. The molecule has 1 saturated heterocycles. The Bertz CT molecular complexity index is 998. The first kappa shape index (κ1) is 22.6. The Morgan fingerprint density at radius 2 is 1.90 bits per heavy atom. The Kier molecular flexibility index (Phi) is 6.71. The van der Waals surface area contributed by atoms with E-state index in [-0.39, 0.29) is 23.7 Å². The van der Waals surface area contributed by atoms with Crippen LogP contribution in [0.5, 0.6) is 0 Å². The first-order valence-electron chi connectivity index (χ1n) is 8.54. The molecule has 0 saturated carbocycles. The highest BCUT2D eigenvalue weighted by molar-refractivity contribution is 7.84. The molecule has 164 valence electrons. The van der Waals surface area contributed by atoms with Gasteiger partial charge in [0.1, 0.15) is 30.5 Å². The number of halogens is 2. The van der Waals surface area contributed by atoms with Gasteiger partial charge in [0.05, 0.1) is 18.0 Å². The van der Waals surface area contributed by atoms with Crippen LogP contribution in [0.15, 0.2) is 30.6 Å². The normalized spacial score (nSPS) is 24.2. The largest absolute Gasteiger partial charge is 0.394 e. The predicted octanol–water partition coefficient (Wildman–Crippen LogP) is -0.584. The number of nitrogens with two attached hydrogens (primary N) is 2. The van der Waals surface area contributed by atoms with Crippen molar-refractivity contribution in [2.45, 2.75) is 31.0 Å². The Hall–Kier alpha value is -2.13. The van der Waals surface area contributed by atoms with Gasteiger partial charge in [0.2, 0.25) is 0 Å². The molecule has 0 amide bonds. The van der Waals surface area contributed by atoms with Crippen molar-refractivity contribution >= 4 is 33.6 Å². The molecule has 0 spiro atoms. The summed E-state index contributed by atoms with van der Waals surface area (Å²) in [5.41, 5.74) is 7.32. The number of ether oxygens (including phenoxy) is 1. The summed E-state index contributed by atoms with van der Waals surface area (Å²) in [5, 5.41) is 25.1. The number of aliphatic hydroxyl groups is 2. The summed E-state index contributed by atoms with van der Waals surface area (Å²) in [6.45, 7) is -0.632. The number of hydrogen-bond acceptors (Lipinski definition) is 10. The molecule has 3 rings (SSSR count). The van der Waals surface area contributed by atoms with Gasteiger partial charge in [-0.2, -0.15) is 8.42 Å². The molecule has 0 radical (unpaired) electrons. The summed E-state index contributed by atoms with van der Waals surface area (Å²) in [6.07, 6.45) is -4.16. The number of benzene rings is 1. The fourth-order valence-electron chi connectivity index (χ4n) is 2.86. The molecule has 0 aliphatic carbocycles. The van der Waals surface area contributed by atoms with Crippen LogP contribution in [0.2, 0.25) is 0 Å². The van der Waals surface area contributed by atoms with Crippen molar-refractivity contribution in [3.63, 3.8) is 0 Å². The monoisotopic (exact) mass is 463 g/mol. The zero-order valence-electron chi connectivity index (χ0n) is 15.3. The molecule has 30 heavy (non-hydrogen) atoms. The third kappa shape index (κ3) is 5.13. The maximum Gasteiger partial charge on any atom is 0.333 e. The Morgan fingerprint density at radius 1 is 1.23 bits per heavy atom. The molecule has 0 bridgehead atoms. The molecule has 1 aliphatic heterocycles. The number of rotatable bonds is 7. The van der Waals surface area contributed by atoms with Crippen molar-refractivity contribution < 1.29 is 31.9 Å². The minimum atomic E-state index is -4.27. The third-order valence-corrected chi connectivity index (χ3v) is 5.21. The number of anilines is 2. The van der Waals surface area contributed by atoms with Crippen LogP contribution in [0.1, 0.15) is 11.3 Å². The number of aliphatic hydroxyl groups excluding tert-OH is 2. The van der Waals surface area contributed by atoms with Crippen LogP contribution in [0.4, 0.5) is 15.9 Å². The van der Waals surface area contributed by atoms with E-state index in [0.717, 1.165) is 9.98 Å². The van der Waals surface area contributed by atoms with Crippen LogP contribution < -0.4 is 15.3 Å². The highest BCUT2D eigenvalue weighted by Gasteiger charge is 2.46. The molecule has 14 heteroatoms. The minimum absolute atomic E-state index is 0.00644. The molecule has 11 nitrogen and oxygen atoms in total. The average molecular weight is 464 g/mol. The number of nitrogens with zero attached hydrogens (tertiary/aromatic N) is 3. The molecule has 4 atom stereocenters. The SMILES string of the molecule is Nc1c(Cc2ccc(F)cc2)ncnc1N(Cl)[C@@H]1O[C@H](COS(N)(=O)=O)[C@@H](O)[C@H]1O. The van der Waals surface area contributed by atoms with Gasteiger partial charge in [-0.25, -0.2) is 23.9 Å². The topological polar surface area (TPSA) is 174 Å². The first-order valence-corrected chi connectivity index (χ1v) is 10.4. The van der Waals surface area contributed by atoms with Crippen molar-refractivity contribution in [1.29, 1.82) is 0 Å². The van der Waals surface area contributed by atoms with Crippen LogP contribution in [0, 0.1) is 5.82 Å². The third-order valence-electron chi connectivity index (χ3n) is 4.39. The maximum atomic E-state index is 13.1. The molecule has 1 aliphatic rings. The maximum absolute atomic E-state index is 13.1. The molecule has 2 heterocycles. The first-order chi connectivity index (χ1) is 14.1. The van der Waals surface area contributed by atoms with Gasteiger partial charge < -0.3 is 20.7 Å². The fraction of sp³-hybridized carbons (Fsp3) is 0.375. The lowest BCUT2D eigenvalue weighted by atomic mass is 10.1. The second-order valence-electron chi connectivity index (χ2n) is 6.50. The molecular weight excluding hydrogens is 445 g/mol. The summed E-state index contributed by atoms with van der Waals surface area (Å²) in [6, 6.07) is 5.75. The van der Waals surface area contributed by atoms with Crippen molar-refractivity contribution in [3.05, 3.63) is 47.7 Å². The zero-order valence-corrected chi connectivity index (χ0v) is 16.9. The van der Waals surface area contributed by atoms with Crippen LogP contribution in [0.25, 0.3) is 0 Å². The summed E-state index contributed by atoms with van der Waals surface area (Å²) in [4.78, 5) is 8.09. The molecule has 2 aromatic rings. The molecule has 1 aromatic heterocycles. The fourth-order valence-corrected chi connectivity index (χ4v) is 3.48. The van der Waals surface area contributed by atoms with Crippen molar-refractivity contribution in [2.24, 2.45) is 5.14 Å². The van der Waals surface area contributed by atoms with Gasteiger partial charge in [0.15, 0.2) is 12.0 Å². The van der Waals surface area contributed by atoms with Gasteiger partial charge in [-0.05, 0) is 17.7 Å². The summed E-state index contributed by atoms with van der Waals surface area (Å²) in [5.74, 6) is -0.387. The van der Waals surface area contributed by atoms with Crippen LogP contribution in [-0.2, 0) is 25.6 Å². The van der Waals surface area contributed by atoms with E-state index in [1.54, 1.807) is 12.1 Å². The van der Waals surface area contributed by atoms with Gasteiger partial charge >= 0.3 is 10.3 Å². The van der Waals surface area contributed by atoms with E-state index in [1.165, 1.54) is 18.5 Å². The van der Waals surface area contributed by atoms with E-state index in [2.05, 4.69) is 14.2 Å². The molecule has 1 aromatic carbocycles. The second-order valence-corrected chi connectivity index (χ2v) is 8.08. The summed E-state index contributed by atoms with van der Waals surface area (Å²) in [7, 11) is -4.27. The van der Waals surface area contributed by atoms with Gasteiger partial charge in [-0.3, -0.25) is 4.18 Å². The molecule has 6 N–H and O–H groups in total.